The number of fused-ring (bicyclic) bond motifs is 1. The summed E-state index contributed by atoms with van der Waals surface area (Å²) in [6.45, 7) is 3.49. The van der Waals surface area contributed by atoms with Gasteiger partial charge < -0.3 is 10.6 Å². The Labute approximate surface area is 154 Å². The Kier molecular flexibility index (Phi) is 5.55. The van der Waals surface area contributed by atoms with Gasteiger partial charge in [-0.05, 0) is 12.5 Å². The monoisotopic (exact) mass is 369 g/mol. The predicted molar refractivity (Wildman–Crippen MR) is 99.5 cm³/mol. The number of carbonyl (C=O) groups excluding carboxylic acids is 1. The molecule has 10 heteroatoms. The fourth-order valence-electron chi connectivity index (χ4n) is 2.64. The van der Waals surface area contributed by atoms with Crippen LogP contribution in [0.4, 0.5) is 11.5 Å². The molecule has 3 rings (SSSR count). The molecule has 27 heavy (non-hydrogen) atoms. The molecule has 140 valence electrons. The minimum atomic E-state index is -0.572. The SMILES string of the molecule is CCCNc1ncnc2c1cnn2CCNC(=O)c1ccccc1[N+](=O)[O-]. The number of aromatic nitrogens is 4. The lowest BCUT2D eigenvalue weighted by atomic mass is 10.1. The van der Waals surface area contributed by atoms with Gasteiger partial charge in [0.05, 0.1) is 23.1 Å². The maximum Gasteiger partial charge on any atom is 0.282 e. The van der Waals surface area contributed by atoms with E-state index in [9.17, 15) is 14.9 Å². The highest BCUT2D eigenvalue weighted by Crippen LogP contribution is 2.19. The first-order valence-corrected chi connectivity index (χ1v) is 8.53. The van der Waals surface area contributed by atoms with Crippen LogP contribution in [0.3, 0.4) is 0 Å². The van der Waals surface area contributed by atoms with E-state index in [-0.39, 0.29) is 17.8 Å². The molecular weight excluding hydrogens is 350 g/mol. The lowest BCUT2D eigenvalue weighted by Crippen LogP contribution is -2.28. The summed E-state index contributed by atoms with van der Waals surface area (Å²) in [5.41, 5.74) is 0.462. The Morgan fingerprint density at radius 1 is 1.26 bits per heavy atom. The van der Waals surface area contributed by atoms with Crippen molar-refractivity contribution in [3.05, 3.63) is 52.5 Å². The molecule has 2 heterocycles. The molecule has 10 nitrogen and oxygen atoms in total. The zero-order valence-electron chi connectivity index (χ0n) is 14.8. The van der Waals surface area contributed by atoms with Gasteiger partial charge in [0.15, 0.2) is 5.65 Å². The summed E-state index contributed by atoms with van der Waals surface area (Å²) in [7, 11) is 0. The van der Waals surface area contributed by atoms with Crippen molar-refractivity contribution in [2.45, 2.75) is 19.9 Å². The van der Waals surface area contributed by atoms with Gasteiger partial charge in [-0.1, -0.05) is 19.1 Å². The number of nitrogens with zero attached hydrogens (tertiary/aromatic N) is 5. The average Bonchev–Trinajstić information content (AvgIpc) is 3.10. The van der Waals surface area contributed by atoms with Crippen molar-refractivity contribution in [3.63, 3.8) is 0 Å². The number of nitrogens with one attached hydrogen (secondary N) is 2. The zero-order valence-corrected chi connectivity index (χ0v) is 14.8. The van der Waals surface area contributed by atoms with Gasteiger partial charge in [-0.3, -0.25) is 14.9 Å². The topological polar surface area (TPSA) is 128 Å². The molecule has 0 aliphatic heterocycles. The second-order valence-corrected chi connectivity index (χ2v) is 5.78. The molecule has 2 N–H and O–H groups in total. The molecule has 0 saturated heterocycles. The maximum atomic E-state index is 12.3. The summed E-state index contributed by atoms with van der Waals surface area (Å²) in [6, 6.07) is 5.84. The van der Waals surface area contributed by atoms with Gasteiger partial charge in [0.25, 0.3) is 11.6 Å². The van der Waals surface area contributed by atoms with E-state index in [0.717, 1.165) is 24.2 Å². The van der Waals surface area contributed by atoms with Crippen LogP contribution in [0.2, 0.25) is 0 Å². The zero-order chi connectivity index (χ0) is 19.2. The fourth-order valence-corrected chi connectivity index (χ4v) is 2.64. The number of para-hydroxylation sites is 1. The van der Waals surface area contributed by atoms with Crippen molar-refractivity contribution < 1.29 is 9.72 Å². The summed E-state index contributed by atoms with van der Waals surface area (Å²) in [4.78, 5) is 31.2. The van der Waals surface area contributed by atoms with E-state index in [2.05, 4.69) is 32.6 Å². The number of amides is 1. The van der Waals surface area contributed by atoms with Crippen LogP contribution >= 0.6 is 0 Å². The van der Waals surface area contributed by atoms with Gasteiger partial charge in [0.1, 0.15) is 17.7 Å². The number of nitro benzene ring substituents is 1. The quantitative estimate of drug-likeness (QED) is 0.459. The van der Waals surface area contributed by atoms with Gasteiger partial charge in [-0.25, -0.2) is 14.6 Å². The molecule has 0 fully saturated rings. The molecule has 2 aromatic heterocycles. The van der Waals surface area contributed by atoms with Gasteiger partial charge in [-0.15, -0.1) is 0 Å². The maximum absolute atomic E-state index is 12.3. The number of rotatable bonds is 8. The predicted octanol–water partition coefficient (Wildman–Crippen LogP) is 1.99. The minimum Gasteiger partial charge on any atom is -0.369 e. The number of hydrogen-bond donors (Lipinski definition) is 2. The van der Waals surface area contributed by atoms with Crippen molar-refractivity contribution in [2.75, 3.05) is 18.4 Å². The third kappa shape index (κ3) is 4.00. The molecular formula is C17H19N7O3. The van der Waals surface area contributed by atoms with E-state index in [4.69, 9.17) is 0 Å². The van der Waals surface area contributed by atoms with Crippen LogP contribution in [0.15, 0.2) is 36.8 Å². The minimum absolute atomic E-state index is 0.0289. The molecule has 0 aliphatic rings. The Bertz CT molecular complexity index is 970. The summed E-state index contributed by atoms with van der Waals surface area (Å²) in [5.74, 6) is 0.218. The summed E-state index contributed by atoms with van der Waals surface area (Å²) in [6.07, 6.45) is 4.11. The normalized spacial score (nSPS) is 10.7. The van der Waals surface area contributed by atoms with Crippen LogP contribution in [-0.2, 0) is 6.54 Å². The van der Waals surface area contributed by atoms with Crippen LogP contribution in [0.5, 0.6) is 0 Å². The van der Waals surface area contributed by atoms with Crippen LogP contribution in [0, 0.1) is 10.1 Å². The van der Waals surface area contributed by atoms with Gasteiger partial charge in [-0.2, -0.15) is 5.10 Å². The van der Waals surface area contributed by atoms with Crippen LogP contribution in [0.1, 0.15) is 23.7 Å². The molecule has 0 bridgehead atoms. The third-order valence-corrected chi connectivity index (χ3v) is 3.93. The Hall–Kier alpha value is -3.56. The molecule has 0 unspecified atom stereocenters. The number of benzene rings is 1. The van der Waals surface area contributed by atoms with E-state index >= 15 is 0 Å². The van der Waals surface area contributed by atoms with Crippen LogP contribution < -0.4 is 10.6 Å². The highest BCUT2D eigenvalue weighted by Gasteiger charge is 2.18. The number of nitro groups is 1. The van der Waals surface area contributed by atoms with Crippen molar-refractivity contribution in [3.8, 4) is 0 Å². The first kappa shape index (κ1) is 18.2. The molecule has 0 spiro atoms. The van der Waals surface area contributed by atoms with E-state index in [1.807, 2.05) is 0 Å². The summed E-state index contributed by atoms with van der Waals surface area (Å²) < 4.78 is 1.66. The smallest absolute Gasteiger partial charge is 0.282 e. The van der Waals surface area contributed by atoms with Crippen molar-refractivity contribution in [1.82, 2.24) is 25.1 Å². The Morgan fingerprint density at radius 3 is 2.85 bits per heavy atom. The Morgan fingerprint density at radius 2 is 2.07 bits per heavy atom. The highest BCUT2D eigenvalue weighted by molar-refractivity contribution is 5.98. The van der Waals surface area contributed by atoms with Crippen LogP contribution in [-0.4, -0.2) is 43.7 Å². The van der Waals surface area contributed by atoms with E-state index < -0.39 is 10.8 Å². The lowest BCUT2D eigenvalue weighted by Gasteiger charge is -2.07. The molecule has 0 saturated carbocycles. The molecule has 0 radical (unpaired) electrons. The molecule has 3 aromatic rings. The van der Waals surface area contributed by atoms with Gasteiger partial charge in [0.2, 0.25) is 0 Å². The fraction of sp³-hybridized carbons (Fsp3) is 0.294. The average molecular weight is 369 g/mol. The summed E-state index contributed by atoms with van der Waals surface area (Å²) >= 11 is 0. The van der Waals surface area contributed by atoms with Crippen LogP contribution in [0.25, 0.3) is 11.0 Å². The Balaban J connectivity index is 1.68. The van der Waals surface area contributed by atoms with Gasteiger partial charge >= 0.3 is 0 Å². The molecule has 1 amide bonds. The molecule has 0 atom stereocenters. The third-order valence-electron chi connectivity index (χ3n) is 3.93. The highest BCUT2D eigenvalue weighted by atomic mass is 16.6. The second-order valence-electron chi connectivity index (χ2n) is 5.78. The number of carbonyl (C=O) groups is 1. The van der Waals surface area contributed by atoms with E-state index in [0.29, 0.717) is 12.2 Å². The summed E-state index contributed by atoms with van der Waals surface area (Å²) in [5, 5.41) is 22.0. The van der Waals surface area contributed by atoms with Gasteiger partial charge in [0, 0.05) is 19.2 Å². The first-order valence-electron chi connectivity index (χ1n) is 8.53. The number of anilines is 1. The van der Waals surface area contributed by atoms with Crippen molar-refractivity contribution in [2.24, 2.45) is 0 Å². The molecule has 1 aromatic carbocycles. The number of hydrogen-bond acceptors (Lipinski definition) is 7. The lowest BCUT2D eigenvalue weighted by molar-refractivity contribution is -0.385. The standard InChI is InChI=1S/C17H19N7O3/c1-2-7-18-15-13-10-22-23(16(13)21-11-20-15)9-8-19-17(25)12-5-3-4-6-14(12)24(26)27/h3-6,10-11H,2,7-9H2,1H3,(H,19,25)(H,18,20,21). The van der Waals surface area contributed by atoms with Crippen molar-refractivity contribution >= 4 is 28.4 Å². The largest absolute Gasteiger partial charge is 0.369 e. The van der Waals surface area contributed by atoms with Crippen molar-refractivity contribution in [1.29, 1.82) is 0 Å². The van der Waals surface area contributed by atoms with E-state index in [1.54, 1.807) is 16.9 Å². The second kappa shape index (κ2) is 8.21. The molecule has 0 aliphatic carbocycles. The first-order chi connectivity index (χ1) is 13.1. The van der Waals surface area contributed by atoms with E-state index in [1.165, 1.54) is 24.5 Å².